The first-order valence-electron chi connectivity index (χ1n) is 13.0. The minimum absolute atomic E-state index is 0. The van der Waals surface area contributed by atoms with Crippen molar-refractivity contribution in [3.05, 3.63) is 29.3 Å². The normalized spacial score (nSPS) is 28.6. The van der Waals surface area contributed by atoms with E-state index in [1.807, 2.05) is 27.0 Å². The molecule has 3 heterocycles. The van der Waals surface area contributed by atoms with Crippen molar-refractivity contribution in [1.82, 2.24) is 4.90 Å². The molecule has 11 heteroatoms. The number of benzene rings is 1. The van der Waals surface area contributed by atoms with E-state index < -0.39 is 23.0 Å². The summed E-state index contributed by atoms with van der Waals surface area (Å²) in [5, 5.41) is 37.5. The summed E-state index contributed by atoms with van der Waals surface area (Å²) in [4.78, 5) is 23.3. The van der Waals surface area contributed by atoms with Crippen LogP contribution in [0.15, 0.2) is 28.2 Å². The molecule has 0 unspecified atom stereocenters. The van der Waals surface area contributed by atoms with Gasteiger partial charge in [0, 0.05) is 34.3 Å². The van der Waals surface area contributed by atoms with Gasteiger partial charge in [0.2, 0.25) is 0 Å². The van der Waals surface area contributed by atoms with Gasteiger partial charge in [0.25, 0.3) is 0 Å². The number of aryl methyl sites for hydroxylation is 1. The molecule has 1 aromatic rings. The monoisotopic (exact) mass is 626 g/mol. The molecule has 7 nitrogen and oxygen atoms in total. The number of aliphatic imine (C=N–C) groups is 2. The molecule has 1 saturated heterocycles. The molecule has 0 aromatic heterocycles. The standard InChI is InChI=1S/C27H39N3O4S3.Cu/c1-6-7-8-10-16-11-9-12-19(31)20(16)22-28-17(13-35-22)23-30(5)18(14-36-23)21(32)26(2,3)24-29-27(4,15-37-24)25(33)34;/h9,11-12,17-18,21,23,31-32H,6-8,10,13-15H2,1-5H3,(H,33,34);/q;+2/p-2/t17-,18+,21+,23-,27-;/m1./s1. The van der Waals surface area contributed by atoms with Crippen molar-refractivity contribution < 1.29 is 37.2 Å². The van der Waals surface area contributed by atoms with E-state index in [0.29, 0.717) is 10.8 Å². The van der Waals surface area contributed by atoms with Crippen molar-refractivity contribution >= 4 is 51.3 Å². The Morgan fingerprint density at radius 1 is 1.29 bits per heavy atom. The van der Waals surface area contributed by atoms with Crippen LogP contribution in [0.2, 0.25) is 0 Å². The number of likely N-dealkylation sites (N-methyl/N-ethyl adjacent to an activating group) is 1. The van der Waals surface area contributed by atoms with Gasteiger partial charge in [-0.25, -0.2) is 0 Å². The van der Waals surface area contributed by atoms with Crippen molar-refractivity contribution in [3.8, 4) is 5.75 Å². The predicted octanol–water partition coefficient (Wildman–Crippen LogP) is 2.77. The summed E-state index contributed by atoms with van der Waals surface area (Å²) >= 11 is 4.84. The van der Waals surface area contributed by atoms with Crippen LogP contribution in [-0.4, -0.2) is 79.5 Å². The maximum atomic E-state index is 12.8. The van der Waals surface area contributed by atoms with Gasteiger partial charge in [-0.15, -0.1) is 35.3 Å². The second kappa shape index (κ2) is 12.9. The van der Waals surface area contributed by atoms with Crippen molar-refractivity contribution in [2.45, 2.75) is 82.5 Å². The number of carbonyl (C=O) groups excluding carboxylic acids is 1. The molecule has 1 fully saturated rings. The molecule has 213 valence electrons. The van der Waals surface area contributed by atoms with Crippen LogP contribution >= 0.6 is 35.3 Å². The number of rotatable bonds is 10. The third-order valence-corrected chi connectivity index (χ3v) is 11.9. The minimum Gasteiger partial charge on any atom is -0.872 e. The van der Waals surface area contributed by atoms with Crippen LogP contribution in [0.5, 0.6) is 5.75 Å². The first kappa shape index (κ1) is 31.8. The van der Waals surface area contributed by atoms with Gasteiger partial charge in [0.1, 0.15) is 5.54 Å². The van der Waals surface area contributed by atoms with Crippen molar-refractivity contribution in [1.29, 1.82) is 0 Å². The van der Waals surface area contributed by atoms with E-state index in [2.05, 4.69) is 22.9 Å². The Hall–Kier alpha value is -0.681. The van der Waals surface area contributed by atoms with Gasteiger partial charge in [0.05, 0.1) is 33.6 Å². The van der Waals surface area contributed by atoms with Crippen LogP contribution in [0.3, 0.4) is 0 Å². The molecular formula is C27H37CuN3O4S3. The molecule has 5 atom stereocenters. The van der Waals surface area contributed by atoms with Gasteiger partial charge in [-0.1, -0.05) is 57.6 Å². The smallest absolute Gasteiger partial charge is 0.872 e. The van der Waals surface area contributed by atoms with Crippen LogP contribution in [0.25, 0.3) is 0 Å². The van der Waals surface area contributed by atoms with Crippen molar-refractivity contribution in [3.63, 3.8) is 0 Å². The van der Waals surface area contributed by atoms with Gasteiger partial charge in [0.15, 0.2) is 0 Å². The average Bonchev–Trinajstić information content (AvgIpc) is 3.58. The van der Waals surface area contributed by atoms with Gasteiger partial charge in [-0.05, 0) is 32.4 Å². The number of nitrogens with zero attached hydrogens (tertiary/aromatic N) is 3. The van der Waals surface area contributed by atoms with E-state index in [1.54, 1.807) is 36.5 Å². The van der Waals surface area contributed by atoms with Gasteiger partial charge in [-0.3, -0.25) is 14.9 Å². The molecule has 0 aliphatic carbocycles. The van der Waals surface area contributed by atoms with Crippen molar-refractivity contribution in [2.75, 3.05) is 24.3 Å². The summed E-state index contributed by atoms with van der Waals surface area (Å²) in [6.07, 6.45) is 3.52. The van der Waals surface area contributed by atoms with E-state index >= 15 is 0 Å². The number of carboxylic acids is 1. The van der Waals surface area contributed by atoms with E-state index in [1.165, 1.54) is 11.8 Å². The van der Waals surface area contributed by atoms with E-state index in [0.717, 1.165) is 53.4 Å². The zero-order valence-electron chi connectivity index (χ0n) is 22.5. The van der Waals surface area contributed by atoms with E-state index in [4.69, 9.17) is 4.99 Å². The number of hydrogen-bond donors (Lipinski definition) is 1. The first-order valence-corrected chi connectivity index (χ1v) is 16.0. The maximum absolute atomic E-state index is 12.8. The van der Waals surface area contributed by atoms with Gasteiger partial charge in [-0.2, -0.15) is 0 Å². The molecule has 0 spiro atoms. The Balaban J connectivity index is 0.00000400. The second-order valence-electron chi connectivity index (χ2n) is 11.0. The van der Waals surface area contributed by atoms with Gasteiger partial charge >= 0.3 is 17.1 Å². The van der Waals surface area contributed by atoms with E-state index in [-0.39, 0.29) is 40.3 Å². The fourth-order valence-electron chi connectivity index (χ4n) is 5.12. The molecular weight excluding hydrogens is 590 g/mol. The largest absolute Gasteiger partial charge is 2.00 e. The Kier molecular flexibility index (Phi) is 10.8. The molecule has 0 saturated carbocycles. The van der Waals surface area contributed by atoms with Crippen LogP contribution in [0, 0.1) is 5.41 Å². The molecule has 3 aliphatic rings. The summed E-state index contributed by atoms with van der Waals surface area (Å²) in [6, 6.07) is 5.45. The summed E-state index contributed by atoms with van der Waals surface area (Å²) in [5.74, 6) is 0.723. The third kappa shape index (κ3) is 6.29. The summed E-state index contributed by atoms with van der Waals surface area (Å²) in [6.45, 7) is 7.62. The zero-order chi connectivity index (χ0) is 27.0. The van der Waals surface area contributed by atoms with Gasteiger partial charge < -0.3 is 20.1 Å². The number of aliphatic carboxylic acids is 1. The number of unbranched alkanes of at least 4 members (excludes halogenated alkanes) is 2. The van der Waals surface area contributed by atoms with Crippen molar-refractivity contribution in [2.24, 2.45) is 15.4 Å². The fourth-order valence-corrected chi connectivity index (χ4v) is 9.36. The molecule has 4 rings (SSSR count). The van der Waals surface area contributed by atoms with Crippen LogP contribution < -0.4 is 10.2 Å². The Morgan fingerprint density at radius 2 is 2.03 bits per heavy atom. The summed E-state index contributed by atoms with van der Waals surface area (Å²) in [5.41, 5.74) is -0.0922. The van der Waals surface area contributed by atoms with Crippen LogP contribution in [0.1, 0.15) is 58.1 Å². The average molecular weight is 627 g/mol. The Bertz CT molecular complexity index is 1090. The molecule has 1 N–H and O–H groups in total. The Labute approximate surface area is 249 Å². The number of carboxylic acid groups (broad SMARTS) is 1. The van der Waals surface area contributed by atoms with E-state index in [9.17, 15) is 20.1 Å². The number of thioether (sulfide) groups is 3. The molecule has 1 radical (unpaired) electrons. The second-order valence-corrected chi connectivity index (χ2v) is 14.1. The first-order chi connectivity index (χ1) is 17.5. The third-order valence-electron chi connectivity index (χ3n) is 7.67. The number of aliphatic hydroxyl groups excluding tert-OH is 1. The molecule has 0 bridgehead atoms. The maximum Gasteiger partial charge on any atom is 2.00 e. The molecule has 0 amide bonds. The SMILES string of the molecule is CCCCCc1cccc([O-])c1C1=N[C@@H]([C@H]2SC[C@@H]([C@H](O)C(C)(C)C3=N[C@@](C)(C(=O)[O-])CS3)N2C)CS1.[Cu+2]. The minimum atomic E-state index is -1.25. The quantitative estimate of drug-likeness (QED) is 0.312. The topological polar surface area (TPSA) is 111 Å². The fraction of sp³-hybridized carbons (Fsp3) is 0.667. The number of hydrogen-bond acceptors (Lipinski definition) is 10. The molecule has 3 aliphatic heterocycles. The van der Waals surface area contributed by atoms with Crippen LogP contribution in [0.4, 0.5) is 0 Å². The molecule has 1 aromatic carbocycles. The van der Waals surface area contributed by atoms with Crippen LogP contribution in [-0.2, 0) is 28.3 Å². The number of aliphatic hydroxyl groups is 1. The molecule has 38 heavy (non-hydrogen) atoms. The number of carbonyl (C=O) groups is 1. The zero-order valence-corrected chi connectivity index (χ0v) is 25.9. The summed E-state index contributed by atoms with van der Waals surface area (Å²) < 4.78 is 0. The predicted molar refractivity (Wildman–Crippen MR) is 153 cm³/mol. The summed E-state index contributed by atoms with van der Waals surface area (Å²) in [7, 11) is 2.03. The Morgan fingerprint density at radius 3 is 2.68 bits per heavy atom.